The number of halogens is 1. The summed E-state index contributed by atoms with van der Waals surface area (Å²) >= 11 is 0. The highest BCUT2D eigenvalue weighted by Gasteiger charge is 2.26. The van der Waals surface area contributed by atoms with Gasteiger partial charge in [-0.3, -0.25) is 14.5 Å². The van der Waals surface area contributed by atoms with Crippen LogP contribution >= 0.6 is 0 Å². The lowest BCUT2D eigenvalue weighted by atomic mass is 9.99. The average molecular weight is 412 g/mol. The molecule has 0 saturated carbocycles. The molecule has 5 nitrogen and oxygen atoms in total. The first kappa shape index (κ1) is 22.0. The van der Waals surface area contributed by atoms with Crippen molar-refractivity contribution in [2.75, 3.05) is 38.0 Å². The number of rotatable bonds is 6. The van der Waals surface area contributed by atoms with Gasteiger partial charge in [0.25, 0.3) is 0 Å². The lowest BCUT2D eigenvalue weighted by Crippen LogP contribution is -2.51. The Hall–Kier alpha value is -2.73. The van der Waals surface area contributed by atoms with E-state index in [0.29, 0.717) is 39.1 Å². The van der Waals surface area contributed by atoms with Crippen LogP contribution in [0, 0.1) is 25.6 Å². The van der Waals surface area contributed by atoms with E-state index >= 15 is 0 Å². The van der Waals surface area contributed by atoms with E-state index in [-0.39, 0.29) is 23.5 Å². The maximum atomic E-state index is 13.4. The first-order valence-corrected chi connectivity index (χ1v) is 10.4. The third kappa shape index (κ3) is 5.66. The minimum absolute atomic E-state index is 0.0355. The SMILES string of the molecule is Cc1cccc(C)c1NC(=O)CN1CCN(C(=O)C(C)Cc2cccc(F)c2)CC1. The Morgan fingerprint density at radius 1 is 1.03 bits per heavy atom. The molecule has 0 aliphatic carbocycles. The first-order chi connectivity index (χ1) is 14.3. The van der Waals surface area contributed by atoms with E-state index in [1.54, 1.807) is 6.07 Å². The van der Waals surface area contributed by atoms with Crippen LogP contribution in [0.15, 0.2) is 42.5 Å². The molecular weight excluding hydrogens is 381 g/mol. The maximum Gasteiger partial charge on any atom is 0.238 e. The molecule has 1 aliphatic heterocycles. The van der Waals surface area contributed by atoms with Crippen molar-refractivity contribution in [2.24, 2.45) is 5.92 Å². The fourth-order valence-corrected chi connectivity index (χ4v) is 3.94. The molecule has 1 aliphatic rings. The monoisotopic (exact) mass is 411 g/mol. The Labute approximate surface area is 177 Å². The number of carbonyl (C=O) groups excluding carboxylic acids is 2. The highest BCUT2D eigenvalue weighted by molar-refractivity contribution is 5.93. The van der Waals surface area contributed by atoms with Crippen LogP contribution in [0.4, 0.5) is 10.1 Å². The van der Waals surface area contributed by atoms with Gasteiger partial charge in [0, 0.05) is 37.8 Å². The molecule has 1 atom stereocenters. The average Bonchev–Trinajstić information content (AvgIpc) is 2.71. The highest BCUT2D eigenvalue weighted by atomic mass is 19.1. The van der Waals surface area contributed by atoms with Crippen molar-refractivity contribution in [3.8, 4) is 0 Å². The van der Waals surface area contributed by atoms with E-state index in [1.807, 2.05) is 49.9 Å². The summed E-state index contributed by atoms with van der Waals surface area (Å²) in [6, 6.07) is 12.4. The second-order valence-electron chi connectivity index (χ2n) is 8.15. The van der Waals surface area contributed by atoms with Crippen molar-refractivity contribution in [3.05, 3.63) is 65.0 Å². The summed E-state index contributed by atoms with van der Waals surface area (Å²) in [5, 5.41) is 3.02. The number of amides is 2. The van der Waals surface area contributed by atoms with Gasteiger partial charge >= 0.3 is 0 Å². The van der Waals surface area contributed by atoms with Gasteiger partial charge < -0.3 is 10.2 Å². The second kappa shape index (κ2) is 9.85. The molecule has 0 aromatic heterocycles. The van der Waals surface area contributed by atoms with Crippen molar-refractivity contribution in [1.29, 1.82) is 0 Å². The van der Waals surface area contributed by atoms with Gasteiger partial charge in [-0.05, 0) is 49.1 Å². The van der Waals surface area contributed by atoms with Crippen molar-refractivity contribution in [1.82, 2.24) is 9.80 Å². The molecule has 1 unspecified atom stereocenters. The van der Waals surface area contributed by atoms with Gasteiger partial charge in [0.05, 0.1) is 6.54 Å². The molecule has 2 aromatic carbocycles. The van der Waals surface area contributed by atoms with Crippen molar-refractivity contribution >= 4 is 17.5 Å². The number of hydrogen-bond donors (Lipinski definition) is 1. The molecule has 3 rings (SSSR count). The quantitative estimate of drug-likeness (QED) is 0.793. The molecule has 6 heteroatoms. The number of para-hydroxylation sites is 1. The van der Waals surface area contributed by atoms with Crippen LogP contribution in [0.5, 0.6) is 0 Å². The molecule has 1 saturated heterocycles. The van der Waals surface area contributed by atoms with Gasteiger partial charge in [-0.2, -0.15) is 0 Å². The minimum Gasteiger partial charge on any atom is -0.340 e. The number of aryl methyl sites for hydroxylation is 2. The van der Waals surface area contributed by atoms with Gasteiger partial charge in [-0.25, -0.2) is 4.39 Å². The van der Waals surface area contributed by atoms with E-state index < -0.39 is 0 Å². The fraction of sp³-hybridized carbons (Fsp3) is 0.417. The molecule has 30 heavy (non-hydrogen) atoms. The fourth-order valence-electron chi connectivity index (χ4n) is 3.94. The Bertz CT molecular complexity index is 887. The number of piperazine rings is 1. The molecule has 1 heterocycles. The van der Waals surface area contributed by atoms with Crippen LogP contribution in [0.3, 0.4) is 0 Å². The summed E-state index contributed by atoms with van der Waals surface area (Å²) in [5.74, 6) is -0.434. The molecule has 2 aromatic rings. The predicted octanol–water partition coefficient (Wildman–Crippen LogP) is 3.40. The molecule has 2 amide bonds. The molecule has 0 spiro atoms. The third-order valence-corrected chi connectivity index (χ3v) is 5.65. The van der Waals surface area contributed by atoms with E-state index in [1.165, 1.54) is 12.1 Å². The molecule has 1 fully saturated rings. The van der Waals surface area contributed by atoms with Crippen molar-refractivity contribution in [3.63, 3.8) is 0 Å². The van der Waals surface area contributed by atoms with Gasteiger partial charge in [-0.1, -0.05) is 37.3 Å². The normalized spacial score (nSPS) is 15.7. The molecule has 0 radical (unpaired) electrons. The smallest absolute Gasteiger partial charge is 0.238 e. The maximum absolute atomic E-state index is 13.4. The Morgan fingerprint density at radius 3 is 2.30 bits per heavy atom. The summed E-state index contributed by atoms with van der Waals surface area (Å²) in [7, 11) is 0. The van der Waals surface area contributed by atoms with E-state index in [2.05, 4.69) is 10.2 Å². The summed E-state index contributed by atoms with van der Waals surface area (Å²) < 4.78 is 13.4. The Morgan fingerprint density at radius 2 is 1.67 bits per heavy atom. The lowest BCUT2D eigenvalue weighted by molar-refractivity contribution is -0.136. The van der Waals surface area contributed by atoms with Gasteiger partial charge in [0.1, 0.15) is 5.82 Å². The van der Waals surface area contributed by atoms with Crippen LogP contribution in [0.1, 0.15) is 23.6 Å². The largest absolute Gasteiger partial charge is 0.340 e. The number of benzene rings is 2. The van der Waals surface area contributed by atoms with Crippen LogP contribution in [0.2, 0.25) is 0 Å². The zero-order chi connectivity index (χ0) is 21.7. The Kier molecular flexibility index (Phi) is 7.21. The standard InChI is InChI=1S/C24H30FN3O2/c1-17-6-4-7-18(2)23(17)26-22(29)16-27-10-12-28(13-11-27)24(30)19(3)14-20-8-5-9-21(25)15-20/h4-9,15,19H,10-14,16H2,1-3H3,(H,26,29). The summed E-state index contributed by atoms with van der Waals surface area (Å²) in [5.41, 5.74) is 3.80. The summed E-state index contributed by atoms with van der Waals surface area (Å²) in [6.45, 7) is 8.70. The second-order valence-corrected chi connectivity index (χ2v) is 8.15. The number of anilines is 1. The zero-order valence-corrected chi connectivity index (χ0v) is 18.0. The van der Waals surface area contributed by atoms with Crippen LogP contribution < -0.4 is 5.32 Å². The molecule has 160 valence electrons. The highest BCUT2D eigenvalue weighted by Crippen LogP contribution is 2.19. The van der Waals surface area contributed by atoms with Crippen LogP contribution in [-0.4, -0.2) is 54.3 Å². The topological polar surface area (TPSA) is 52.7 Å². The first-order valence-electron chi connectivity index (χ1n) is 10.4. The predicted molar refractivity (Wildman–Crippen MR) is 117 cm³/mol. The Balaban J connectivity index is 1.47. The number of carbonyl (C=O) groups is 2. The molecule has 0 bridgehead atoms. The number of nitrogens with one attached hydrogen (secondary N) is 1. The van der Waals surface area contributed by atoms with Gasteiger partial charge in [0.15, 0.2) is 0 Å². The summed E-state index contributed by atoms with van der Waals surface area (Å²) in [6.07, 6.45) is 0.523. The van der Waals surface area contributed by atoms with Crippen LogP contribution in [-0.2, 0) is 16.0 Å². The van der Waals surface area contributed by atoms with Crippen molar-refractivity contribution in [2.45, 2.75) is 27.2 Å². The van der Waals surface area contributed by atoms with Gasteiger partial charge in [0.2, 0.25) is 11.8 Å². The molecular formula is C24H30FN3O2. The third-order valence-electron chi connectivity index (χ3n) is 5.65. The summed E-state index contributed by atoms with van der Waals surface area (Å²) in [4.78, 5) is 29.2. The molecule has 1 N–H and O–H groups in total. The number of nitrogens with zero attached hydrogens (tertiary/aromatic N) is 2. The number of hydrogen-bond acceptors (Lipinski definition) is 3. The van der Waals surface area contributed by atoms with E-state index in [0.717, 1.165) is 22.4 Å². The van der Waals surface area contributed by atoms with Crippen molar-refractivity contribution < 1.29 is 14.0 Å². The minimum atomic E-state index is -0.278. The lowest BCUT2D eigenvalue weighted by Gasteiger charge is -2.35. The van der Waals surface area contributed by atoms with E-state index in [4.69, 9.17) is 0 Å². The van der Waals surface area contributed by atoms with Crippen LogP contribution in [0.25, 0.3) is 0 Å². The van der Waals surface area contributed by atoms with E-state index in [9.17, 15) is 14.0 Å². The zero-order valence-electron chi connectivity index (χ0n) is 18.0. The van der Waals surface area contributed by atoms with Gasteiger partial charge in [-0.15, -0.1) is 0 Å².